The Morgan fingerprint density at radius 3 is 2.67 bits per heavy atom. The molecule has 1 fully saturated rings. The zero-order valence-electron chi connectivity index (χ0n) is 12.3. The highest BCUT2D eigenvalue weighted by atomic mass is 32.2. The second-order valence-corrected chi connectivity index (χ2v) is 7.38. The minimum atomic E-state index is -3.40. The molecule has 116 valence electrons. The third kappa shape index (κ3) is 3.93. The van der Waals surface area contributed by atoms with E-state index in [1.165, 1.54) is 12.1 Å². The molecule has 1 aliphatic rings. The van der Waals surface area contributed by atoms with Gasteiger partial charge in [-0.15, -0.1) is 0 Å². The number of nitrogens with zero attached hydrogens (tertiary/aromatic N) is 2. The van der Waals surface area contributed by atoms with E-state index in [0.29, 0.717) is 25.2 Å². The number of rotatable bonds is 4. The predicted molar refractivity (Wildman–Crippen MR) is 80.0 cm³/mol. The van der Waals surface area contributed by atoms with Gasteiger partial charge in [-0.3, -0.25) is 0 Å². The van der Waals surface area contributed by atoms with Gasteiger partial charge in [0.05, 0.1) is 22.8 Å². The van der Waals surface area contributed by atoms with E-state index in [4.69, 9.17) is 4.84 Å². The molecular weight excluding hydrogens is 295 g/mol. The largest absolute Gasteiger partial charge is 0.393 e. The van der Waals surface area contributed by atoms with Gasteiger partial charge in [0.25, 0.3) is 0 Å². The molecule has 0 aromatic heterocycles. The van der Waals surface area contributed by atoms with Gasteiger partial charge in [-0.2, -0.15) is 0 Å². The highest BCUT2D eigenvalue weighted by Crippen LogP contribution is 2.25. The summed E-state index contributed by atoms with van der Waals surface area (Å²) < 4.78 is 36.9. The summed E-state index contributed by atoms with van der Waals surface area (Å²) in [4.78, 5) is 7.00. The number of anilines is 1. The lowest BCUT2D eigenvalue weighted by atomic mass is 10.3. The summed E-state index contributed by atoms with van der Waals surface area (Å²) in [5.74, 6) is -0.538. The summed E-state index contributed by atoms with van der Waals surface area (Å²) >= 11 is 0. The van der Waals surface area contributed by atoms with Crippen LogP contribution in [0.15, 0.2) is 28.3 Å². The van der Waals surface area contributed by atoms with Crippen LogP contribution in [0.3, 0.4) is 0 Å². The molecule has 1 saturated heterocycles. The lowest BCUT2D eigenvalue weighted by molar-refractivity contribution is 0.0855. The van der Waals surface area contributed by atoms with Crippen molar-refractivity contribution < 1.29 is 17.6 Å². The summed E-state index contributed by atoms with van der Waals surface area (Å²) in [6, 6.07) is 3.98. The molecule has 1 aromatic carbocycles. The molecule has 0 saturated carbocycles. The maximum atomic E-state index is 14.1. The molecule has 5 nitrogen and oxygen atoms in total. The molecule has 1 aliphatic heterocycles. The maximum Gasteiger partial charge on any atom is 0.175 e. The van der Waals surface area contributed by atoms with Gasteiger partial charge in [-0.1, -0.05) is 5.16 Å². The van der Waals surface area contributed by atoms with Crippen LogP contribution in [0.25, 0.3) is 0 Å². The van der Waals surface area contributed by atoms with Crippen LogP contribution < -0.4 is 4.90 Å². The van der Waals surface area contributed by atoms with Gasteiger partial charge in [0, 0.05) is 19.2 Å². The van der Waals surface area contributed by atoms with Crippen molar-refractivity contribution in [1.29, 1.82) is 0 Å². The molecule has 0 unspecified atom stereocenters. The van der Waals surface area contributed by atoms with E-state index in [-0.39, 0.29) is 11.0 Å². The van der Waals surface area contributed by atoms with E-state index in [0.717, 1.165) is 18.0 Å². The Morgan fingerprint density at radius 1 is 1.38 bits per heavy atom. The SMILES string of the molecule is CC(C)O/N=C1\CCN(c2ccc(S(C)(=O)=O)cc2F)C1. The van der Waals surface area contributed by atoms with Crippen LogP contribution >= 0.6 is 0 Å². The Kier molecular flexibility index (Phi) is 4.51. The van der Waals surface area contributed by atoms with Gasteiger partial charge >= 0.3 is 0 Å². The molecule has 2 rings (SSSR count). The average Bonchev–Trinajstić information content (AvgIpc) is 2.83. The van der Waals surface area contributed by atoms with E-state index in [1.807, 2.05) is 18.7 Å². The molecule has 0 bridgehead atoms. The van der Waals surface area contributed by atoms with Crippen molar-refractivity contribution in [3.63, 3.8) is 0 Å². The number of hydrogen-bond acceptors (Lipinski definition) is 5. The fraction of sp³-hybridized carbons (Fsp3) is 0.500. The Labute approximate surface area is 124 Å². The van der Waals surface area contributed by atoms with Crippen LogP contribution in [-0.4, -0.2) is 39.6 Å². The molecule has 0 radical (unpaired) electrons. The zero-order chi connectivity index (χ0) is 15.6. The van der Waals surface area contributed by atoms with Crippen molar-refractivity contribution in [1.82, 2.24) is 0 Å². The molecule has 1 aromatic rings. The third-order valence-corrected chi connectivity index (χ3v) is 4.23. The van der Waals surface area contributed by atoms with E-state index in [9.17, 15) is 12.8 Å². The summed E-state index contributed by atoms with van der Waals surface area (Å²) in [5, 5.41) is 4.04. The Balaban J connectivity index is 2.16. The van der Waals surface area contributed by atoms with Crippen molar-refractivity contribution in [3.05, 3.63) is 24.0 Å². The summed E-state index contributed by atoms with van der Waals surface area (Å²) in [5.41, 5.74) is 1.24. The van der Waals surface area contributed by atoms with Gasteiger partial charge in [0.2, 0.25) is 0 Å². The van der Waals surface area contributed by atoms with Crippen molar-refractivity contribution in [2.24, 2.45) is 5.16 Å². The van der Waals surface area contributed by atoms with E-state index >= 15 is 0 Å². The Morgan fingerprint density at radius 2 is 2.10 bits per heavy atom. The Hall–Kier alpha value is -1.63. The second kappa shape index (κ2) is 6.01. The maximum absolute atomic E-state index is 14.1. The zero-order valence-corrected chi connectivity index (χ0v) is 13.2. The van der Waals surface area contributed by atoms with Crippen LogP contribution in [-0.2, 0) is 14.7 Å². The summed E-state index contributed by atoms with van der Waals surface area (Å²) in [6.45, 7) is 4.90. The van der Waals surface area contributed by atoms with E-state index < -0.39 is 15.7 Å². The van der Waals surface area contributed by atoms with Crippen LogP contribution in [0, 0.1) is 5.82 Å². The molecule has 0 N–H and O–H groups in total. The minimum Gasteiger partial charge on any atom is -0.393 e. The molecule has 0 atom stereocenters. The molecule has 0 aliphatic carbocycles. The van der Waals surface area contributed by atoms with Gasteiger partial charge in [0.1, 0.15) is 11.9 Å². The number of benzene rings is 1. The third-order valence-electron chi connectivity index (χ3n) is 3.12. The van der Waals surface area contributed by atoms with Crippen molar-refractivity contribution in [3.8, 4) is 0 Å². The van der Waals surface area contributed by atoms with E-state index in [1.54, 1.807) is 0 Å². The van der Waals surface area contributed by atoms with Gasteiger partial charge in [-0.05, 0) is 32.0 Å². The fourth-order valence-electron chi connectivity index (χ4n) is 2.08. The van der Waals surface area contributed by atoms with Crippen LogP contribution in [0.5, 0.6) is 0 Å². The number of hydrogen-bond donors (Lipinski definition) is 0. The topological polar surface area (TPSA) is 59.0 Å². The lowest BCUT2D eigenvalue weighted by Crippen LogP contribution is -2.21. The molecule has 0 spiro atoms. The molecule has 1 heterocycles. The first-order valence-electron chi connectivity index (χ1n) is 6.73. The van der Waals surface area contributed by atoms with Gasteiger partial charge in [-0.25, -0.2) is 12.8 Å². The van der Waals surface area contributed by atoms with Crippen molar-refractivity contribution >= 4 is 21.2 Å². The fourth-order valence-corrected chi connectivity index (χ4v) is 2.71. The summed E-state index contributed by atoms with van der Waals surface area (Å²) in [6.07, 6.45) is 1.78. The van der Waals surface area contributed by atoms with Crippen LogP contribution in [0.2, 0.25) is 0 Å². The average molecular weight is 314 g/mol. The van der Waals surface area contributed by atoms with E-state index in [2.05, 4.69) is 5.16 Å². The first-order valence-corrected chi connectivity index (χ1v) is 8.62. The second-order valence-electron chi connectivity index (χ2n) is 5.37. The number of oxime groups is 1. The van der Waals surface area contributed by atoms with Crippen molar-refractivity contribution in [2.75, 3.05) is 24.2 Å². The monoisotopic (exact) mass is 314 g/mol. The van der Waals surface area contributed by atoms with Crippen LogP contribution in [0.1, 0.15) is 20.3 Å². The molecule has 21 heavy (non-hydrogen) atoms. The normalized spacial score (nSPS) is 17.8. The number of halogens is 1. The molecule has 0 amide bonds. The number of sulfone groups is 1. The first-order chi connectivity index (χ1) is 9.77. The molecular formula is C14H19FN2O3S. The summed E-state index contributed by atoms with van der Waals surface area (Å²) in [7, 11) is -3.40. The standard InChI is InChI=1S/C14H19FN2O3S/c1-10(2)20-16-11-6-7-17(9-11)14-5-4-12(8-13(14)15)21(3,18)19/h4-5,8,10H,6-7,9H2,1-3H3/b16-11+. The Bertz CT molecular complexity index is 656. The predicted octanol–water partition coefficient (Wildman–Crippen LogP) is 2.22. The highest BCUT2D eigenvalue weighted by Gasteiger charge is 2.22. The first kappa shape index (κ1) is 15.8. The van der Waals surface area contributed by atoms with Gasteiger partial charge in [0.15, 0.2) is 9.84 Å². The quantitative estimate of drug-likeness (QED) is 0.800. The van der Waals surface area contributed by atoms with Crippen LogP contribution in [0.4, 0.5) is 10.1 Å². The highest BCUT2D eigenvalue weighted by molar-refractivity contribution is 7.90. The molecule has 7 heteroatoms. The smallest absolute Gasteiger partial charge is 0.175 e. The van der Waals surface area contributed by atoms with Gasteiger partial charge < -0.3 is 9.74 Å². The van der Waals surface area contributed by atoms with Crippen molar-refractivity contribution in [2.45, 2.75) is 31.3 Å². The minimum absolute atomic E-state index is 0.0114. The lowest BCUT2D eigenvalue weighted by Gasteiger charge is -2.18.